The van der Waals surface area contributed by atoms with Crippen LogP contribution in [-0.2, 0) is 0 Å². The summed E-state index contributed by atoms with van der Waals surface area (Å²) in [5.74, 6) is 2.26. The highest BCUT2D eigenvalue weighted by molar-refractivity contribution is 7.99. The molecule has 0 bridgehead atoms. The van der Waals surface area contributed by atoms with Gasteiger partial charge in [0.25, 0.3) is 0 Å². The quantitative estimate of drug-likeness (QED) is 0.678. The molecule has 1 N–H and O–H groups in total. The van der Waals surface area contributed by atoms with Crippen LogP contribution in [-0.4, -0.2) is 21.1 Å². The fourth-order valence-electron chi connectivity index (χ4n) is 1.36. The molecular weight excluding hydrogens is 160 g/mol. The maximum atomic E-state index is 11.1. The lowest BCUT2D eigenvalue weighted by Crippen LogP contribution is -2.21. The Morgan fingerprint density at radius 3 is 3.18 bits per heavy atom. The van der Waals surface area contributed by atoms with Gasteiger partial charge in [-0.15, -0.1) is 0 Å². The Kier molecular flexibility index (Phi) is 1.77. The summed E-state index contributed by atoms with van der Waals surface area (Å²) in [5.41, 5.74) is 0.0255. The number of rotatable bonds is 1. The van der Waals surface area contributed by atoms with Crippen LogP contribution < -0.4 is 5.69 Å². The van der Waals surface area contributed by atoms with Gasteiger partial charge in [-0.05, 0) is 12.2 Å². The predicted octanol–water partition coefficient (Wildman–Crippen LogP) is 0.854. The highest BCUT2D eigenvalue weighted by Gasteiger charge is 2.17. The normalized spacial score (nSPS) is 24.2. The molecule has 1 atom stereocenters. The van der Waals surface area contributed by atoms with Crippen molar-refractivity contribution in [3.63, 3.8) is 0 Å². The standard InChI is InChI=1S/C7H10N2OS/c10-7-8-2-3-9(7)6-1-4-11-5-6/h2-3,6H,1,4-5H2,(H,8,10). The molecule has 60 valence electrons. The van der Waals surface area contributed by atoms with Crippen LogP contribution in [0.2, 0.25) is 0 Å². The summed E-state index contributed by atoms with van der Waals surface area (Å²) in [6.45, 7) is 0. The van der Waals surface area contributed by atoms with Gasteiger partial charge in [0.05, 0.1) is 0 Å². The largest absolute Gasteiger partial charge is 0.325 e. The minimum atomic E-state index is 0.0255. The van der Waals surface area contributed by atoms with Gasteiger partial charge in [-0.1, -0.05) is 0 Å². The molecule has 3 nitrogen and oxygen atoms in total. The third-order valence-electron chi connectivity index (χ3n) is 1.98. The van der Waals surface area contributed by atoms with E-state index in [4.69, 9.17) is 0 Å². The highest BCUT2D eigenvalue weighted by Crippen LogP contribution is 2.26. The highest BCUT2D eigenvalue weighted by atomic mass is 32.2. The number of hydrogen-bond donors (Lipinski definition) is 1. The van der Waals surface area contributed by atoms with E-state index in [1.807, 2.05) is 18.0 Å². The van der Waals surface area contributed by atoms with Gasteiger partial charge in [-0.3, -0.25) is 4.57 Å². The summed E-state index contributed by atoms with van der Waals surface area (Å²) in [7, 11) is 0. The van der Waals surface area contributed by atoms with Gasteiger partial charge in [0.15, 0.2) is 0 Å². The Morgan fingerprint density at radius 1 is 1.73 bits per heavy atom. The zero-order valence-electron chi connectivity index (χ0n) is 6.12. The number of thioether (sulfide) groups is 1. The Balaban J connectivity index is 2.28. The SMILES string of the molecule is O=c1[nH]ccn1C1CCSC1. The van der Waals surface area contributed by atoms with E-state index >= 15 is 0 Å². The lowest BCUT2D eigenvalue weighted by atomic mass is 10.3. The smallest absolute Gasteiger partial charge is 0.313 e. The molecule has 1 saturated heterocycles. The van der Waals surface area contributed by atoms with Crippen LogP contribution in [0.5, 0.6) is 0 Å². The molecule has 0 aliphatic carbocycles. The van der Waals surface area contributed by atoms with Crippen molar-refractivity contribution in [2.45, 2.75) is 12.5 Å². The van der Waals surface area contributed by atoms with Crippen LogP contribution >= 0.6 is 11.8 Å². The molecule has 1 unspecified atom stereocenters. The third-order valence-corrected chi connectivity index (χ3v) is 3.12. The average Bonchev–Trinajstić information content (AvgIpc) is 2.55. The molecule has 0 radical (unpaired) electrons. The number of aromatic amines is 1. The van der Waals surface area contributed by atoms with Crippen molar-refractivity contribution in [3.8, 4) is 0 Å². The molecule has 1 aliphatic heterocycles. The molecule has 1 fully saturated rings. The van der Waals surface area contributed by atoms with Crippen LogP contribution in [0.25, 0.3) is 0 Å². The first kappa shape index (κ1) is 7.03. The second-order valence-corrected chi connectivity index (χ2v) is 3.84. The van der Waals surface area contributed by atoms with Crippen molar-refractivity contribution >= 4 is 11.8 Å². The Bertz CT molecular complexity index is 285. The topological polar surface area (TPSA) is 37.8 Å². The maximum absolute atomic E-state index is 11.1. The van der Waals surface area contributed by atoms with E-state index in [0.29, 0.717) is 6.04 Å². The van der Waals surface area contributed by atoms with Crippen LogP contribution in [0.1, 0.15) is 12.5 Å². The third kappa shape index (κ3) is 1.22. The minimum absolute atomic E-state index is 0.0255. The van der Waals surface area contributed by atoms with Gasteiger partial charge in [-0.25, -0.2) is 4.79 Å². The van der Waals surface area contributed by atoms with E-state index in [0.717, 1.165) is 12.2 Å². The van der Waals surface area contributed by atoms with Crippen LogP contribution in [0, 0.1) is 0 Å². The fourth-order valence-corrected chi connectivity index (χ4v) is 2.56. The number of imidazole rings is 1. The molecule has 1 aromatic heterocycles. The zero-order chi connectivity index (χ0) is 7.68. The molecule has 0 spiro atoms. The molecule has 11 heavy (non-hydrogen) atoms. The summed E-state index contributed by atoms with van der Waals surface area (Å²) in [4.78, 5) is 13.7. The molecule has 0 aromatic carbocycles. The Morgan fingerprint density at radius 2 is 2.64 bits per heavy atom. The summed E-state index contributed by atoms with van der Waals surface area (Å²) in [5, 5.41) is 0. The zero-order valence-corrected chi connectivity index (χ0v) is 6.93. The van der Waals surface area contributed by atoms with Crippen molar-refractivity contribution < 1.29 is 0 Å². The van der Waals surface area contributed by atoms with E-state index in [-0.39, 0.29) is 5.69 Å². The molecule has 2 rings (SSSR count). The number of nitrogens with one attached hydrogen (secondary N) is 1. The van der Waals surface area contributed by atoms with Gasteiger partial charge >= 0.3 is 5.69 Å². The van der Waals surface area contributed by atoms with Gasteiger partial charge < -0.3 is 4.98 Å². The fraction of sp³-hybridized carbons (Fsp3) is 0.571. The summed E-state index contributed by atoms with van der Waals surface area (Å²) in [6, 6.07) is 0.429. The average molecular weight is 170 g/mol. The first-order valence-electron chi connectivity index (χ1n) is 3.71. The number of aromatic nitrogens is 2. The predicted molar refractivity (Wildman–Crippen MR) is 46.0 cm³/mol. The van der Waals surface area contributed by atoms with E-state index in [9.17, 15) is 4.79 Å². The maximum Gasteiger partial charge on any atom is 0.325 e. The second-order valence-electron chi connectivity index (χ2n) is 2.69. The Hall–Kier alpha value is -0.640. The number of H-pyrrole nitrogens is 1. The molecule has 2 heterocycles. The van der Waals surface area contributed by atoms with Gasteiger partial charge in [0, 0.05) is 24.2 Å². The van der Waals surface area contributed by atoms with Crippen LogP contribution in [0.3, 0.4) is 0 Å². The molecule has 1 aromatic rings. The van der Waals surface area contributed by atoms with Crippen LogP contribution in [0.15, 0.2) is 17.2 Å². The summed E-state index contributed by atoms with van der Waals surface area (Å²) in [6.07, 6.45) is 4.66. The van der Waals surface area contributed by atoms with E-state index in [1.54, 1.807) is 10.8 Å². The van der Waals surface area contributed by atoms with E-state index in [1.165, 1.54) is 5.75 Å². The molecule has 0 amide bonds. The first-order valence-corrected chi connectivity index (χ1v) is 4.86. The lowest BCUT2D eigenvalue weighted by molar-refractivity contribution is 0.543. The summed E-state index contributed by atoms with van der Waals surface area (Å²) >= 11 is 1.92. The van der Waals surface area contributed by atoms with Crippen LogP contribution in [0.4, 0.5) is 0 Å². The lowest BCUT2D eigenvalue weighted by Gasteiger charge is -2.06. The van der Waals surface area contributed by atoms with Gasteiger partial charge in [0.1, 0.15) is 0 Å². The minimum Gasteiger partial charge on any atom is -0.313 e. The van der Waals surface area contributed by atoms with Crippen molar-refractivity contribution in [1.82, 2.24) is 9.55 Å². The number of hydrogen-bond acceptors (Lipinski definition) is 2. The molecule has 4 heteroatoms. The number of nitrogens with zero attached hydrogens (tertiary/aromatic N) is 1. The molecular formula is C7H10N2OS. The van der Waals surface area contributed by atoms with Crippen molar-refractivity contribution in [3.05, 3.63) is 22.9 Å². The van der Waals surface area contributed by atoms with Crippen molar-refractivity contribution in [1.29, 1.82) is 0 Å². The van der Waals surface area contributed by atoms with E-state index < -0.39 is 0 Å². The van der Waals surface area contributed by atoms with Crippen molar-refractivity contribution in [2.24, 2.45) is 0 Å². The Labute approximate surface area is 68.8 Å². The van der Waals surface area contributed by atoms with Gasteiger partial charge in [0.2, 0.25) is 0 Å². The second kappa shape index (κ2) is 2.77. The molecule has 0 saturated carbocycles. The summed E-state index contributed by atoms with van der Waals surface area (Å²) < 4.78 is 1.79. The monoisotopic (exact) mass is 170 g/mol. The van der Waals surface area contributed by atoms with Crippen molar-refractivity contribution in [2.75, 3.05) is 11.5 Å². The first-order chi connectivity index (χ1) is 5.38. The van der Waals surface area contributed by atoms with E-state index in [2.05, 4.69) is 4.98 Å². The van der Waals surface area contributed by atoms with Gasteiger partial charge in [-0.2, -0.15) is 11.8 Å². The molecule has 1 aliphatic rings.